The van der Waals surface area contributed by atoms with E-state index in [1.54, 1.807) is 14.2 Å². The van der Waals surface area contributed by atoms with Crippen LogP contribution < -0.4 is 14.8 Å². The number of sulfonamides is 1. The SMILES string of the molecule is CCCS(=O)(=O)N1CCCC(C(=O)NC(C)c2ccc(OCCOC)c(OC)c2)C1. The highest BCUT2D eigenvalue weighted by atomic mass is 32.2. The molecule has 0 spiro atoms. The molecule has 2 rings (SSSR count). The van der Waals surface area contributed by atoms with Gasteiger partial charge in [-0.25, -0.2) is 12.7 Å². The van der Waals surface area contributed by atoms with E-state index in [9.17, 15) is 13.2 Å². The summed E-state index contributed by atoms with van der Waals surface area (Å²) in [4.78, 5) is 12.8. The Morgan fingerprint density at radius 2 is 2.03 bits per heavy atom. The number of nitrogens with zero attached hydrogens (tertiary/aromatic N) is 1. The lowest BCUT2D eigenvalue weighted by molar-refractivity contribution is -0.126. The minimum absolute atomic E-state index is 0.121. The molecule has 0 bridgehead atoms. The summed E-state index contributed by atoms with van der Waals surface area (Å²) in [5.41, 5.74) is 0.880. The zero-order valence-corrected chi connectivity index (χ0v) is 19.2. The number of hydrogen-bond donors (Lipinski definition) is 1. The van der Waals surface area contributed by atoms with Gasteiger partial charge in [0.15, 0.2) is 11.5 Å². The predicted molar refractivity (Wildman–Crippen MR) is 115 cm³/mol. The summed E-state index contributed by atoms with van der Waals surface area (Å²) < 4.78 is 42.2. The quantitative estimate of drug-likeness (QED) is 0.529. The molecule has 0 radical (unpaired) electrons. The van der Waals surface area contributed by atoms with Gasteiger partial charge in [-0.2, -0.15) is 0 Å². The maximum absolute atomic E-state index is 12.8. The van der Waals surface area contributed by atoms with Crippen LogP contribution in [0.2, 0.25) is 0 Å². The van der Waals surface area contributed by atoms with Gasteiger partial charge in [0.2, 0.25) is 15.9 Å². The van der Waals surface area contributed by atoms with Crippen molar-refractivity contribution in [2.75, 3.05) is 46.3 Å². The molecule has 2 unspecified atom stereocenters. The standard InChI is InChI=1S/C21H34N2O6S/c1-5-13-30(25,26)23-10-6-7-18(15-23)21(24)22-16(2)17-8-9-19(20(14-17)28-4)29-12-11-27-3/h8-9,14,16,18H,5-7,10-13,15H2,1-4H3,(H,22,24). The number of amides is 1. The Morgan fingerprint density at radius 1 is 1.27 bits per heavy atom. The lowest BCUT2D eigenvalue weighted by atomic mass is 9.98. The molecule has 1 fully saturated rings. The summed E-state index contributed by atoms with van der Waals surface area (Å²) in [7, 11) is -0.112. The molecule has 1 aromatic carbocycles. The molecular formula is C21H34N2O6S. The van der Waals surface area contributed by atoms with Crippen LogP contribution in [0.1, 0.15) is 44.7 Å². The zero-order chi connectivity index (χ0) is 22.1. The van der Waals surface area contributed by atoms with Crippen LogP contribution >= 0.6 is 0 Å². The fraction of sp³-hybridized carbons (Fsp3) is 0.667. The van der Waals surface area contributed by atoms with Crippen LogP contribution in [0.4, 0.5) is 0 Å². The molecule has 2 atom stereocenters. The maximum atomic E-state index is 12.8. The predicted octanol–water partition coefficient (Wildman–Crippen LogP) is 2.35. The minimum atomic E-state index is -3.29. The van der Waals surface area contributed by atoms with Crippen LogP contribution in [0.5, 0.6) is 11.5 Å². The summed E-state index contributed by atoms with van der Waals surface area (Å²) in [5, 5.41) is 3.02. The number of hydrogen-bond acceptors (Lipinski definition) is 6. The van der Waals surface area contributed by atoms with Crippen LogP contribution in [-0.2, 0) is 19.6 Å². The van der Waals surface area contributed by atoms with Gasteiger partial charge in [-0.15, -0.1) is 0 Å². The number of methoxy groups -OCH3 is 2. The highest BCUT2D eigenvalue weighted by Crippen LogP contribution is 2.30. The van der Waals surface area contributed by atoms with E-state index >= 15 is 0 Å². The molecule has 1 amide bonds. The molecule has 0 aromatic heterocycles. The molecule has 1 heterocycles. The first-order chi connectivity index (χ1) is 14.3. The Labute approximate surface area is 179 Å². The average Bonchev–Trinajstić information content (AvgIpc) is 2.74. The number of piperidine rings is 1. The topological polar surface area (TPSA) is 94.2 Å². The normalized spacial score (nSPS) is 18.6. The molecular weight excluding hydrogens is 408 g/mol. The largest absolute Gasteiger partial charge is 0.493 e. The van der Waals surface area contributed by atoms with Crippen molar-refractivity contribution < 1.29 is 27.4 Å². The average molecular weight is 443 g/mol. The Hall–Kier alpha value is -1.84. The molecule has 0 saturated carbocycles. The summed E-state index contributed by atoms with van der Waals surface area (Å²) in [6.07, 6.45) is 1.95. The Morgan fingerprint density at radius 3 is 2.70 bits per heavy atom. The second-order valence-electron chi connectivity index (χ2n) is 7.50. The van der Waals surface area contributed by atoms with Crippen molar-refractivity contribution in [1.82, 2.24) is 9.62 Å². The van der Waals surface area contributed by atoms with Gasteiger partial charge in [-0.05, 0) is 43.9 Å². The number of carbonyl (C=O) groups is 1. The summed E-state index contributed by atoms with van der Waals surface area (Å²) in [6, 6.07) is 5.29. The van der Waals surface area contributed by atoms with Crippen molar-refractivity contribution in [3.63, 3.8) is 0 Å². The molecule has 1 aromatic rings. The first-order valence-corrected chi connectivity index (χ1v) is 12.0. The van der Waals surface area contributed by atoms with Gasteiger partial charge in [0, 0.05) is 20.2 Å². The smallest absolute Gasteiger partial charge is 0.224 e. The molecule has 30 heavy (non-hydrogen) atoms. The second kappa shape index (κ2) is 11.5. The van der Waals surface area contributed by atoms with Gasteiger partial charge in [-0.1, -0.05) is 13.0 Å². The fourth-order valence-electron chi connectivity index (χ4n) is 3.52. The van der Waals surface area contributed by atoms with Gasteiger partial charge in [-0.3, -0.25) is 4.79 Å². The lowest BCUT2D eigenvalue weighted by Gasteiger charge is -2.31. The van der Waals surface area contributed by atoms with Crippen LogP contribution in [0.3, 0.4) is 0 Å². The van der Waals surface area contributed by atoms with Crippen molar-refractivity contribution in [3.05, 3.63) is 23.8 Å². The van der Waals surface area contributed by atoms with Gasteiger partial charge in [0.1, 0.15) is 6.61 Å². The molecule has 1 saturated heterocycles. The van der Waals surface area contributed by atoms with Crippen LogP contribution in [0.25, 0.3) is 0 Å². The van der Waals surface area contributed by atoms with E-state index in [2.05, 4.69) is 5.32 Å². The number of benzene rings is 1. The number of carbonyl (C=O) groups excluding carboxylic acids is 1. The molecule has 170 valence electrons. The summed E-state index contributed by atoms with van der Waals surface area (Å²) >= 11 is 0. The first kappa shape index (κ1) is 24.4. The van der Waals surface area contributed by atoms with Gasteiger partial charge in [0.25, 0.3) is 0 Å². The Balaban J connectivity index is 2.01. The van der Waals surface area contributed by atoms with E-state index < -0.39 is 10.0 Å². The summed E-state index contributed by atoms with van der Waals surface area (Å²) in [5.74, 6) is 0.848. The van der Waals surface area contributed by atoms with E-state index in [1.165, 1.54) is 4.31 Å². The molecule has 1 N–H and O–H groups in total. The van der Waals surface area contributed by atoms with Crippen molar-refractivity contribution >= 4 is 15.9 Å². The third-order valence-electron chi connectivity index (χ3n) is 5.20. The van der Waals surface area contributed by atoms with E-state index in [-0.39, 0.29) is 30.2 Å². The van der Waals surface area contributed by atoms with Gasteiger partial charge >= 0.3 is 0 Å². The van der Waals surface area contributed by atoms with E-state index in [1.807, 2.05) is 32.0 Å². The lowest BCUT2D eigenvalue weighted by Crippen LogP contribution is -2.46. The van der Waals surface area contributed by atoms with E-state index in [0.29, 0.717) is 50.5 Å². The third-order valence-corrected chi connectivity index (χ3v) is 7.24. The highest BCUT2D eigenvalue weighted by Gasteiger charge is 2.32. The minimum Gasteiger partial charge on any atom is -0.493 e. The zero-order valence-electron chi connectivity index (χ0n) is 18.3. The van der Waals surface area contributed by atoms with Gasteiger partial charge < -0.3 is 19.5 Å². The van der Waals surface area contributed by atoms with Crippen LogP contribution in [0, 0.1) is 5.92 Å². The Kier molecular flexibility index (Phi) is 9.38. The first-order valence-electron chi connectivity index (χ1n) is 10.4. The van der Waals surface area contributed by atoms with Crippen LogP contribution in [-0.4, -0.2) is 64.9 Å². The monoisotopic (exact) mass is 442 g/mol. The van der Waals surface area contributed by atoms with Crippen molar-refractivity contribution in [3.8, 4) is 11.5 Å². The number of rotatable bonds is 11. The second-order valence-corrected chi connectivity index (χ2v) is 9.58. The molecule has 8 nitrogen and oxygen atoms in total. The molecule has 0 aliphatic carbocycles. The third kappa shape index (κ3) is 6.58. The molecule has 1 aliphatic heterocycles. The van der Waals surface area contributed by atoms with Crippen molar-refractivity contribution in [2.45, 2.75) is 39.2 Å². The van der Waals surface area contributed by atoms with Crippen LogP contribution in [0.15, 0.2) is 18.2 Å². The van der Waals surface area contributed by atoms with Crippen molar-refractivity contribution in [1.29, 1.82) is 0 Å². The van der Waals surface area contributed by atoms with E-state index in [0.717, 1.165) is 5.56 Å². The van der Waals surface area contributed by atoms with Gasteiger partial charge in [0.05, 0.1) is 31.4 Å². The molecule has 1 aliphatic rings. The number of nitrogens with one attached hydrogen (secondary N) is 1. The van der Waals surface area contributed by atoms with E-state index in [4.69, 9.17) is 14.2 Å². The number of ether oxygens (including phenoxy) is 3. The summed E-state index contributed by atoms with van der Waals surface area (Å²) in [6.45, 7) is 5.36. The van der Waals surface area contributed by atoms with Crippen molar-refractivity contribution in [2.24, 2.45) is 5.92 Å². The highest BCUT2D eigenvalue weighted by molar-refractivity contribution is 7.89. The fourth-order valence-corrected chi connectivity index (χ4v) is 5.11. The molecule has 9 heteroatoms. The maximum Gasteiger partial charge on any atom is 0.224 e. The Bertz CT molecular complexity index is 799.